The lowest BCUT2D eigenvalue weighted by Gasteiger charge is -2.23. The summed E-state index contributed by atoms with van der Waals surface area (Å²) in [6.45, 7) is 5.22. The molecule has 0 radical (unpaired) electrons. The summed E-state index contributed by atoms with van der Waals surface area (Å²) in [4.78, 5) is 23.7. The second-order valence-corrected chi connectivity index (χ2v) is 8.46. The summed E-state index contributed by atoms with van der Waals surface area (Å²) in [7, 11) is -2.57. The number of anilines is 1. The van der Waals surface area contributed by atoms with E-state index in [9.17, 15) is 18.0 Å². The quantitative estimate of drug-likeness (QED) is 0.426. The fourth-order valence-corrected chi connectivity index (χ4v) is 4.27. The van der Waals surface area contributed by atoms with Crippen LogP contribution >= 0.6 is 11.6 Å². The van der Waals surface area contributed by atoms with Crippen molar-refractivity contribution in [3.05, 3.63) is 65.7 Å². The van der Waals surface area contributed by atoms with Crippen LogP contribution in [-0.4, -0.2) is 47.1 Å². The van der Waals surface area contributed by atoms with Crippen molar-refractivity contribution >= 4 is 39.2 Å². The first kappa shape index (κ1) is 24.2. The van der Waals surface area contributed by atoms with Gasteiger partial charge in [-0.05, 0) is 49.4 Å². The zero-order chi connectivity index (χ0) is 23.0. The van der Waals surface area contributed by atoms with Gasteiger partial charge in [-0.1, -0.05) is 17.7 Å². The van der Waals surface area contributed by atoms with Crippen molar-refractivity contribution in [2.45, 2.75) is 11.8 Å². The molecule has 0 heterocycles. The molecule has 2 rings (SSSR count). The number of ether oxygens (including phenoxy) is 2. The number of halogens is 1. The van der Waals surface area contributed by atoms with Crippen LogP contribution in [0.1, 0.15) is 17.3 Å². The molecule has 31 heavy (non-hydrogen) atoms. The van der Waals surface area contributed by atoms with Gasteiger partial charge in [0.2, 0.25) is 0 Å². The monoisotopic (exact) mass is 466 g/mol. The molecule has 10 heteroatoms. The molecule has 0 aromatic heterocycles. The van der Waals surface area contributed by atoms with Crippen molar-refractivity contribution in [2.75, 3.05) is 31.1 Å². The van der Waals surface area contributed by atoms with Crippen LogP contribution in [0.3, 0.4) is 0 Å². The van der Waals surface area contributed by atoms with E-state index in [-0.39, 0.29) is 22.0 Å². The van der Waals surface area contributed by atoms with Crippen LogP contribution in [-0.2, 0) is 19.6 Å². The Morgan fingerprint density at radius 2 is 1.87 bits per heavy atom. The molecular formula is C21H23ClN2O6S. The fraction of sp³-hybridized carbons (Fsp3) is 0.238. The summed E-state index contributed by atoms with van der Waals surface area (Å²) in [6.07, 6.45) is 1.44. The zero-order valence-electron chi connectivity index (χ0n) is 17.1. The number of carbonyl (C=O) groups is 2. The van der Waals surface area contributed by atoms with Gasteiger partial charge in [-0.2, -0.15) is 0 Å². The first-order valence-corrected chi connectivity index (χ1v) is 11.1. The molecular weight excluding hydrogens is 444 g/mol. The molecule has 0 aliphatic carbocycles. The third-order valence-electron chi connectivity index (χ3n) is 4.11. The van der Waals surface area contributed by atoms with E-state index in [1.807, 2.05) is 0 Å². The summed E-state index contributed by atoms with van der Waals surface area (Å²) in [6, 6.07) is 10.2. The molecule has 0 aliphatic rings. The Labute approximate surface area is 186 Å². The average Bonchev–Trinajstić information content (AvgIpc) is 2.76. The molecule has 0 bridgehead atoms. The zero-order valence-corrected chi connectivity index (χ0v) is 18.7. The molecule has 0 saturated heterocycles. The molecule has 0 spiro atoms. The van der Waals surface area contributed by atoms with Gasteiger partial charge in [0.25, 0.3) is 15.9 Å². The minimum atomic E-state index is -4.07. The highest BCUT2D eigenvalue weighted by Gasteiger charge is 2.26. The van der Waals surface area contributed by atoms with Gasteiger partial charge in [0, 0.05) is 6.54 Å². The van der Waals surface area contributed by atoms with Crippen LogP contribution < -0.4 is 14.4 Å². The molecule has 0 aliphatic heterocycles. The number of nitrogens with one attached hydrogen (secondary N) is 1. The maximum atomic E-state index is 13.3. The van der Waals surface area contributed by atoms with Crippen LogP contribution in [0.5, 0.6) is 5.75 Å². The number of nitrogens with zero attached hydrogens (tertiary/aromatic N) is 1. The predicted octanol–water partition coefficient (Wildman–Crippen LogP) is 3.02. The molecule has 0 unspecified atom stereocenters. The second kappa shape index (κ2) is 10.8. The second-order valence-electron chi connectivity index (χ2n) is 6.19. The highest BCUT2D eigenvalue weighted by Crippen LogP contribution is 2.28. The number of hydrogen-bond acceptors (Lipinski definition) is 6. The third kappa shape index (κ3) is 5.99. The molecule has 2 aromatic rings. The number of amides is 1. The lowest BCUT2D eigenvalue weighted by atomic mass is 10.2. The van der Waals surface area contributed by atoms with E-state index < -0.39 is 28.5 Å². The molecule has 8 nitrogen and oxygen atoms in total. The first-order chi connectivity index (χ1) is 14.7. The Hall–Kier alpha value is -3.04. The number of likely N-dealkylation sites (N-methyl/N-ethyl adjacent to an activating group) is 1. The van der Waals surface area contributed by atoms with Gasteiger partial charge in [-0.15, -0.1) is 6.58 Å². The van der Waals surface area contributed by atoms with Crippen molar-refractivity contribution in [3.63, 3.8) is 0 Å². The van der Waals surface area contributed by atoms with Crippen LogP contribution in [0.2, 0.25) is 5.02 Å². The van der Waals surface area contributed by atoms with Gasteiger partial charge in [0.05, 0.1) is 34.8 Å². The van der Waals surface area contributed by atoms with Crippen LogP contribution in [0, 0.1) is 0 Å². The van der Waals surface area contributed by atoms with E-state index in [1.54, 1.807) is 31.2 Å². The Bertz CT molecular complexity index is 1050. The fourth-order valence-electron chi connectivity index (χ4n) is 2.61. The van der Waals surface area contributed by atoms with Gasteiger partial charge in [-0.25, -0.2) is 13.2 Å². The summed E-state index contributed by atoms with van der Waals surface area (Å²) in [5.74, 6) is -0.816. The summed E-state index contributed by atoms with van der Waals surface area (Å²) in [5, 5.41) is 2.49. The maximum absolute atomic E-state index is 13.3. The molecule has 0 saturated carbocycles. The van der Waals surface area contributed by atoms with E-state index in [0.717, 1.165) is 10.4 Å². The summed E-state index contributed by atoms with van der Waals surface area (Å²) in [5.41, 5.74) is 0.219. The number of esters is 1. The standard InChI is InChI=1S/C21H23ClN2O6S/c1-4-12-24(15-6-8-16(29-3)9-7-15)31(27,28)17-10-11-19(22)18(13-17)21(26)30-14-20(25)23-5-2/h4,6-11,13H,1,5,12,14H2,2-3H3,(H,23,25). The lowest BCUT2D eigenvalue weighted by molar-refractivity contribution is -0.124. The Morgan fingerprint density at radius 1 is 1.19 bits per heavy atom. The van der Waals surface area contributed by atoms with Gasteiger partial charge < -0.3 is 14.8 Å². The lowest BCUT2D eigenvalue weighted by Crippen LogP contribution is -2.31. The topological polar surface area (TPSA) is 102 Å². The third-order valence-corrected chi connectivity index (χ3v) is 6.23. The molecule has 0 atom stereocenters. The largest absolute Gasteiger partial charge is 0.497 e. The number of benzene rings is 2. The van der Waals surface area contributed by atoms with Crippen molar-refractivity contribution < 1.29 is 27.5 Å². The maximum Gasteiger partial charge on any atom is 0.340 e. The minimum absolute atomic E-state index is 0.000400. The normalized spacial score (nSPS) is 10.8. The molecule has 166 valence electrons. The number of methoxy groups -OCH3 is 1. The number of hydrogen-bond donors (Lipinski definition) is 1. The smallest absolute Gasteiger partial charge is 0.340 e. The molecule has 1 N–H and O–H groups in total. The van der Waals surface area contributed by atoms with Crippen LogP contribution in [0.4, 0.5) is 5.69 Å². The molecule has 1 amide bonds. The van der Waals surface area contributed by atoms with E-state index >= 15 is 0 Å². The number of rotatable bonds is 10. The minimum Gasteiger partial charge on any atom is -0.497 e. The van der Waals surface area contributed by atoms with Crippen molar-refractivity contribution in [3.8, 4) is 5.75 Å². The molecule has 2 aromatic carbocycles. The Morgan fingerprint density at radius 3 is 2.45 bits per heavy atom. The molecule has 0 fully saturated rings. The number of carbonyl (C=O) groups excluding carboxylic acids is 2. The highest BCUT2D eigenvalue weighted by molar-refractivity contribution is 7.92. The van der Waals surface area contributed by atoms with Crippen molar-refractivity contribution in [1.29, 1.82) is 0 Å². The SMILES string of the molecule is C=CCN(c1ccc(OC)cc1)S(=O)(=O)c1ccc(Cl)c(C(=O)OCC(=O)NCC)c1. The number of sulfonamides is 1. The Kier molecular flexibility index (Phi) is 8.47. The van der Waals surface area contributed by atoms with Gasteiger partial charge in [0.15, 0.2) is 6.61 Å². The van der Waals surface area contributed by atoms with Crippen LogP contribution in [0.15, 0.2) is 60.0 Å². The van der Waals surface area contributed by atoms with E-state index in [1.165, 1.54) is 25.3 Å². The van der Waals surface area contributed by atoms with E-state index in [4.69, 9.17) is 21.1 Å². The van der Waals surface area contributed by atoms with Gasteiger partial charge in [-0.3, -0.25) is 9.10 Å². The highest BCUT2D eigenvalue weighted by atomic mass is 35.5. The summed E-state index contributed by atoms with van der Waals surface area (Å²) >= 11 is 6.07. The van der Waals surface area contributed by atoms with Crippen molar-refractivity contribution in [2.24, 2.45) is 0 Å². The van der Waals surface area contributed by atoms with E-state index in [2.05, 4.69) is 11.9 Å². The Balaban J connectivity index is 2.37. The predicted molar refractivity (Wildman–Crippen MR) is 118 cm³/mol. The van der Waals surface area contributed by atoms with E-state index in [0.29, 0.717) is 18.0 Å². The van der Waals surface area contributed by atoms with Gasteiger partial charge >= 0.3 is 5.97 Å². The van der Waals surface area contributed by atoms with Crippen molar-refractivity contribution in [1.82, 2.24) is 5.32 Å². The van der Waals surface area contributed by atoms with Crippen LogP contribution in [0.25, 0.3) is 0 Å². The van der Waals surface area contributed by atoms with Gasteiger partial charge in [0.1, 0.15) is 5.75 Å². The average molecular weight is 467 g/mol. The summed E-state index contributed by atoms with van der Waals surface area (Å²) < 4.78 is 37.8. The first-order valence-electron chi connectivity index (χ1n) is 9.25.